The van der Waals surface area contributed by atoms with Crippen LogP contribution in [0.5, 0.6) is 0 Å². The monoisotopic (exact) mass is 327 g/mol. The third-order valence-electron chi connectivity index (χ3n) is 3.25. The quantitative estimate of drug-likeness (QED) is 0.799. The molecule has 0 spiro atoms. The highest BCUT2D eigenvalue weighted by Crippen LogP contribution is 2.27. The number of rotatable bonds is 4. The Morgan fingerprint density at radius 2 is 2.17 bits per heavy atom. The van der Waals surface area contributed by atoms with Crippen LogP contribution in [-0.2, 0) is 11.2 Å². The second kappa shape index (κ2) is 6.58. The molecule has 0 aliphatic heterocycles. The first kappa shape index (κ1) is 15.2. The summed E-state index contributed by atoms with van der Waals surface area (Å²) in [5, 5.41) is 7.41. The summed E-state index contributed by atoms with van der Waals surface area (Å²) < 4.78 is 1.52. The molecular weight excluding hydrogens is 314 g/mol. The van der Waals surface area contributed by atoms with Crippen molar-refractivity contribution in [2.24, 2.45) is 0 Å². The Morgan fingerprint density at radius 1 is 1.30 bits per heavy atom. The van der Waals surface area contributed by atoms with Crippen LogP contribution < -0.4 is 5.32 Å². The highest BCUT2D eigenvalue weighted by Gasteiger charge is 2.13. The molecule has 0 bridgehead atoms. The Kier molecular flexibility index (Phi) is 4.34. The minimum atomic E-state index is -0.153. The van der Waals surface area contributed by atoms with Gasteiger partial charge in [0.05, 0.1) is 17.1 Å². The topological polar surface area (TPSA) is 72.7 Å². The van der Waals surface area contributed by atoms with Crippen LogP contribution in [0.25, 0.3) is 5.69 Å². The number of nitrogens with one attached hydrogen (secondary N) is 1. The number of aryl methyl sites for hydroxylation is 1. The SMILES string of the molecule is Cc1ccc(CC(=O)Nc2cccc(Cl)c2-n2cncn2)cn1. The Hall–Kier alpha value is -2.73. The molecule has 2 aromatic heterocycles. The summed E-state index contributed by atoms with van der Waals surface area (Å²) in [6, 6.07) is 9.04. The average molecular weight is 328 g/mol. The van der Waals surface area contributed by atoms with E-state index in [4.69, 9.17) is 11.6 Å². The van der Waals surface area contributed by atoms with Crippen LogP contribution in [0.1, 0.15) is 11.3 Å². The average Bonchev–Trinajstić information content (AvgIpc) is 3.03. The number of benzene rings is 1. The molecular formula is C16H14ClN5O. The second-order valence-corrected chi connectivity index (χ2v) is 5.42. The zero-order valence-electron chi connectivity index (χ0n) is 12.4. The first-order valence-corrected chi connectivity index (χ1v) is 7.36. The molecule has 1 N–H and O–H groups in total. The largest absolute Gasteiger partial charge is 0.324 e. The lowest BCUT2D eigenvalue weighted by Crippen LogP contribution is -2.16. The molecule has 0 fully saturated rings. The van der Waals surface area contributed by atoms with Crippen LogP contribution in [0.4, 0.5) is 5.69 Å². The summed E-state index contributed by atoms with van der Waals surface area (Å²) >= 11 is 6.23. The second-order valence-electron chi connectivity index (χ2n) is 5.01. The number of para-hydroxylation sites is 1. The summed E-state index contributed by atoms with van der Waals surface area (Å²) in [6.07, 6.45) is 4.87. The minimum absolute atomic E-state index is 0.153. The van der Waals surface area contributed by atoms with Gasteiger partial charge in [-0.3, -0.25) is 9.78 Å². The van der Waals surface area contributed by atoms with Gasteiger partial charge in [0.2, 0.25) is 5.91 Å². The number of anilines is 1. The zero-order valence-corrected chi connectivity index (χ0v) is 13.2. The maximum absolute atomic E-state index is 12.3. The van der Waals surface area contributed by atoms with Crippen LogP contribution >= 0.6 is 11.6 Å². The van der Waals surface area contributed by atoms with Crippen LogP contribution in [0.15, 0.2) is 49.2 Å². The van der Waals surface area contributed by atoms with Crippen molar-refractivity contribution in [1.29, 1.82) is 0 Å². The third-order valence-corrected chi connectivity index (χ3v) is 3.55. The Labute approximate surface area is 138 Å². The fourth-order valence-corrected chi connectivity index (χ4v) is 2.42. The summed E-state index contributed by atoms with van der Waals surface area (Å²) in [5.41, 5.74) is 2.92. The molecule has 3 aromatic rings. The van der Waals surface area contributed by atoms with Gasteiger partial charge in [-0.05, 0) is 30.7 Å². The van der Waals surface area contributed by atoms with Gasteiger partial charge in [-0.15, -0.1) is 0 Å². The van der Waals surface area contributed by atoms with E-state index in [1.165, 1.54) is 17.3 Å². The van der Waals surface area contributed by atoms with Crippen LogP contribution in [0.2, 0.25) is 5.02 Å². The number of carbonyl (C=O) groups is 1. The lowest BCUT2D eigenvalue weighted by molar-refractivity contribution is -0.115. The van der Waals surface area contributed by atoms with Crippen molar-refractivity contribution in [3.05, 3.63) is 65.5 Å². The van der Waals surface area contributed by atoms with Gasteiger partial charge in [-0.1, -0.05) is 23.7 Å². The van der Waals surface area contributed by atoms with E-state index in [1.54, 1.807) is 24.4 Å². The number of hydrogen-bond acceptors (Lipinski definition) is 4. The van der Waals surface area contributed by atoms with Crippen molar-refractivity contribution in [1.82, 2.24) is 19.7 Å². The standard InChI is InChI=1S/C16H14ClN5O/c1-11-5-6-12(8-19-11)7-15(23)21-14-4-2-3-13(17)16(14)22-10-18-9-20-22/h2-6,8-10H,7H2,1H3,(H,21,23). The Morgan fingerprint density at radius 3 is 2.87 bits per heavy atom. The van der Waals surface area contributed by atoms with E-state index in [0.29, 0.717) is 16.4 Å². The number of carbonyl (C=O) groups excluding carboxylic acids is 1. The van der Waals surface area contributed by atoms with Gasteiger partial charge in [0.1, 0.15) is 18.3 Å². The molecule has 0 saturated carbocycles. The number of amides is 1. The predicted octanol–water partition coefficient (Wildman–Crippen LogP) is 2.81. The van der Waals surface area contributed by atoms with Gasteiger partial charge in [-0.2, -0.15) is 5.10 Å². The van der Waals surface area contributed by atoms with E-state index in [9.17, 15) is 4.79 Å². The highest BCUT2D eigenvalue weighted by molar-refractivity contribution is 6.33. The fourth-order valence-electron chi connectivity index (χ4n) is 2.16. The summed E-state index contributed by atoms with van der Waals surface area (Å²) in [7, 11) is 0. The van der Waals surface area contributed by atoms with Crippen molar-refractivity contribution in [2.75, 3.05) is 5.32 Å². The number of pyridine rings is 1. The summed E-state index contributed by atoms with van der Waals surface area (Å²) in [6.45, 7) is 1.90. The van der Waals surface area contributed by atoms with E-state index >= 15 is 0 Å². The van der Waals surface area contributed by atoms with Gasteiger partial charge in [-0.25, -0.2) is 9.67 Å². The highest BCUT2D eigenvalue weighted by atomic mass is 35.5. The first-order valence-electron chi connectivity index (χ1n) is 6.98. The van der Waals surface area contributed by atoms with Crippen molar-refractivity contribution < 1.29 is 4.79 Å². The van der Waals surface area contributed by atoms with E-state index in [0.717, 1.165) is 11.3 Å². The van der Waals surface area contributed by atoms with Crippen molar-refractivity contribution >= 4 is 23.2 Å². The van der Waals surface area contributed by atoms with Gasteiger partial charge in [0.15, 0.2) is 0 Å². The molecule has 116 valence electrons. The fraction of sp³-hybridized carbons (Fsp3) is 0.125. The van der Waals surface area contributed by atoms with E-state index in [2.05, 4.69) is 20.4 Å². The van der Waals surface area contributed by atoms with E-state index in [1.807, 2.05) is 19.1 Å². The lowest BCUT2D eigenvalue weighted by atomic mass is 10.2. The number of hydrogen-bond donors (Lipinski definition) is 1. The lowest BCUT2D eigenvalue weighted by Gasteiger charge is -2.12. The molecule has 6 nitrogen and oxygen atoms in total. The van der Waals surface area contributed by atoms with Crippen LogP contribution in [0.3, 0.4) is 0 Å². The summed E-state index contributed by atoms with van der Waals surface area (Å²) in [5.74, 6) is -0.153. The molecule has 0 radical (unpaired) electrons. The first-order chi connectivity index (χ1) is 11.1. The van der Waals surface area contributed by atoms with Gasteiger partial charge >= 0.3 is 0 Å². The smallest absolute Gasteiger partial charge is 0.228 e. The third kappa shape index (κ3) is 3.54. The Balaban J connectivity index is 1.81. The number of nitrogens with zero attached hydrogens (tertiary/aromatic N) is 4. The van der Waals surface area contributed by atoms with Crippen LogP contribution in [-0.4, -0.2) is 25.7 Å². The summed E-state index contributed by atoms with van der Waals surface area (Å²) in [4.78, 5) is 20.4. The molecule has 3 rings (SSSR count). The van der Waals surface area contributed by atoms with Crippen molar-refractivity contribution in [3.8, 4) is 5.69 Å². The maximum atomic E-state index is 12.3. The van der Waals surface area contributed by atoms with E-state index in [-0.39, 0.29) is 12.3 Å². The molecule has 0 saturated heterocycles. The molecule has 0 unspecified atom stereocenters. The molecule has 1 aromatic carbocycles. The molecule has 0 aliphatic carbocycles. The van der Waals surface area contributed by atoms with Gasteiger partial charge in [0.25, 0.3) is 0 Å². The Bertz CT molecular complexity index is 815. The minimum Gasteiger partial charge on any atom is -0.324 e. The molecule has 0 atom stereocenters. The molecule has 7 heteroatoms. The van der Waals surface area contributed by atoms with Crippen LogP contribution in [0, 0.1) is 6.92 Å². The zero-order chi connectivity index (χ0) is 16.2. The number of halogens is 1. The molecule has 0 aliphatic rings. The maximum Gasteiger partial charge on any atom is 0.228 e. The predicted molar refractivity (Wildman–Crippen MR) is 87.7 cm³/mol. The van der Waals surface area contributed by atoms with Crippen molar-refractivity contribution in [2.45, 2.75) is 13.3 Å². The molecule has 1 amide bonds. The molecule has 2 heterocycles. The van der Waals surface area contributed by atoms with E-state index < -0.39 is 0 Å². The van der Waals surface area contributed by atoms with Gasteiger partial charge in [0, 0.05) is 11.9 Å². The normalized spacial score (nSPS) is 10.5. The van der Waals surface area contributed by atoms with Crippen molar-refractivity contribution in [3.63, 3.8) is 0 Å². The van der Waals surface area contributed by atoms with Gasteiger partial charge < -0.3 is 5.32 Å². The number of aromatic nitrogens is 4. The molecule has 23 heavy (non-hydrogen) atoms.